The van der Waals surface area contributed by atoms with Crippen LogP contribution in [-0.4, -0.2) is 62.7 Å². The number of hydrogen-bond donors (Lipinski definition) is 2. The van der Waals surface area contributed by atoms with Crippen LogP contribution in [-0.2, 0) is 11.2 Å². The van der Waals surface area contributed by atoms with E-state index < -0.39 is 0 Å². The largest absolute Gasteiger partial charge is 0.351 e. The number of halogens is 1. The highest BCUT2D eigenvalue weighted by Crippen LogP contribution is 2.21. The van der Waals surface area contributed by atoms with E-state index in [0.717, 1.165) is 16.6 Å². The van der Waals surface area contributed by atoms with Gasteiger partial charge in [0.05, 0.1) is 6.33 Å². The molecule has 2 amide bonds. The molecular formula is C19H20ClN5O2. The number of nitrogens with one attached hydrogen (secondary N) is 2. The van der Waals surface area contributed by atoms with Crippen LogP contribution in [0.15, 0.2) is 36.8 Å². The molecule has 0 radical (unpaired) electrons. The third kappa shape index (κ3) is 3.83. The first-order valence-electron chi connectivity index (χ1n) is 8.93. The molecule has 0 bridgehead atoms. The van der Waals surface area contributed by atoms with E-state index in [2.05, 4.69) is 15.0 Å². The van der Waals surface area contributed by atoms with Crippen molar-refractivity contribution in [3.63, 3.8) is 0 Å². The molecule has 2 N–H and O–H groups in total. The number of imidazole rings is 1. The van der Waals surface area contributed by atoms with Gasteiger partial charge in [0.1, 0.15) is 5.69 Å². The van der Waals surface area contributed by atoms with Crippen LogP contribution in [0.25, 0.3) is 10.9 Å². The van der Waals surface area contributed by atoms with Gasteiger partial charge in [0.15, 0.2) is 0 Å². The highest BCUT2D eigenvalue weighted by molar-refractivity contribution is 6.31. The summed E-state index contributed by atoms with van der Waals surface area (Å²) in [5.74, 6) is 0.0591. The molecule has 27 heavy (non-hydrogen) atoms. The van der Waals surface area contributed by atoms with E-state index in [1.54, 1.807) is 23.5 Å². The zero-order valence-electron chi connectivity index (χ0n) is 14.7. The fraction of sp³-hybridized carbons (Fsp3) is 0.316. The van der Waals surface area contributed by atoms with Crippen molar-refractivity contribution in [1.29, 1.82) is 0 Å². The lowest BCUT2D eigenvalue weighted by atomic mass is 10.2. The molecule has 1 aliphatic rings. The molecule has 140 valence electrons. The Morgan fingerprint density at radius 3 is 2.63 bits per heavy atom. The second-order valence-corrected chi connectivity index (χ2v) is 7.10. The maximum atomic E-state index is 12.8. The topological polar surface area (TPSA) is 85.1 Å². The standard InChI is InChI=1S/C19H20ClN5O2/c20-14-1-3-16-13(9-14)10-17(23-16)19(27)25-7-5-24(6-8-25)18(26)4-2-15-11-21-12-22-15/h1,3,9-12,23H,2,4-8H2,(H,21,22). The summed E-state index contributed by atoms with van der Waals surface area (Å²) in [4.78, 5) is 38.8. The van der Waals surface area contributed by atoms with E-state index in [-0.39, 0.29) is 11.8 Å². The van der Waals surface area contributed by atoms with Gasteiger partial charge >= 0.3 is 0 Å². The molecule has 0 atom stereocenters. The smallest absolute Gasteiger partial charge is 0.270 e. The Balaban J connectivity index is 1.33. The molecule has 2 aromatic heterocycles. The highest BCUT2D eigenvalue weighted by Gasteiger charge is 2.25. The zero-order valence-corrected chi connectivity index (χ0v) is 15.5. The number of carbonyl (C=O) groups is 2. The summed E-state index contributed by atoms with van der Waals surface area (Å²) < 4.78 is 0. The van der Waals surface area contributed by atoms with Gasteiger partial charge in [-0.25, -0.2) is 4.98 Å². The highest BCUT2D eigenvalue weighted by atomic mass is 35.5. The molecule has 0 aliphatic carbocycles. The van der Waals surface area contributed by atoms with Crippen molar-refractivity contribution < 1.29 is 9.59 Å². The van der Waals surface area contributed by atoms with E-state index in [0.29, 0.717) is 49.7 Å². The number of benzene rings is 1. The molecule has 4 rings (SSSR count). The fourth-order valence-electron chi connectivity index (χ4n) is 3.37. The molecule has 3 aromatic rings. The zero-order chi connectivity index (χ0) is 18.8. The van der Waals surface area contributed by atoms with Crippen molar-refractivity contribution in [1.82, 2.24) is 24.8 Å². The van der Waals surface area contributed by atoms with Crippen LogP contribution in [0.1, 0.15) is 22.6 Å². The minimum atomic E-state index is -0.0492. The van der Waals surface area contributed by atoms with Crippen molar-refractivity contribution in [3.05, 3.63) is 53.2 Å². The van der Waals surface area contributed by atoms with Crippen LogP contribution in [0.5, 0.6) is 0 Å². The van der Waals surface area contributed by atoms with Crippen LogP contribution in [0.4, 0.5) is 0 Å². The predicted octanol–water partition coefficient (Wildman–Crippen LogP) is 2.46. The predicted molar refractivity (Wildman–Crippen MR) is 103 cm³/mol. The van der Waals surface area contributed by atoms with Crippen LogP contribution >= 0.6 is 11.6 Å². The van der Waals surface area contributed by atoms with Gasteiger partial charge in [-0.05, 0) is 30.7 Å². The SMILES string of the molecule is O=C(CCc1cnc[nH]1)N1CCN(C(=O)c2cc3cc(Cl)ccc3[nH]2)CC1. The Hall–Kier alpha value is -2.80. The first-order chi connectivity index (χ1) is 13.1. The lowest BCUT2D eigenvalue weighted by molar-refractivity contribution is -0.132. The molecule has 0 saturated carbocycles. The average molecular weight is 386 g/mol. The van der Waals surface area contributed by atoms with Crippen molar-refractivity contribution >= 4 is 34.3 Å². The van der Waals surface area contributed by atoms with Gasteiger partial charge in [0.25, 0.3) is 5.91 Å². The lowest BCUT2D eigenvalue weighted by Gasteiger charge is -2.34. The van der Waals surface area contributed by atoms with Crippen molar-refractivity contribution in [2.75, 3.05) is 26.2 Å². The molecular weight excluding hydrogens is 366 g/mol. The van der Waals surface area contributed by atoms with Crippen LogP contribution in [0.3, 0.4) is 0 Å². The van der Waals surface area contributed by atoms with Crippen molar-refractivity contribution in [2.24, 2.45) is 0 Å². The number of aryl methyl sites for hydroxylation is 1. The quantitative estimate of drug-likeness (QED) is 0.723. The van der Waals surface area contributed by atoms with Gasteiger partial charge in [0.2, 0.25) is 5.91 Å². The van der Waals surface area contributed by atoms with E-state index in [1.165, 1.54) is 0 Å². The van der Waals surface area contributed by atoms with Gasteiger partial charge in [-0.2, -0.15) is 0 Å². The minimum Gasteiger partial charge on any atom is -0.351 e. The number of aromatic amines is 2. The number of piperazine rings is 1. The third-order valence-electron chi connectivity index (χ3n) is 4.90. The number of H-pyrrole nitrogens is 2. The summed E-state index contributed by atoms with van der Waals surface area (Å²) in [6.45, 7) is 2.18. The molecule has 0 unspecified atom stereocenters. The Labute approximate surface area is 161 Å². The maximum absolute atomic E-state index is 12.8. The van der Waals surface area contributed by atoms with Crippen LogP contribution in [0, 0.1) is 0 Å². The number of hydrogen-bond acceptors (Lipinski definition) is 3. The minimum absolute atomic E-state index is 0.0492. The first-order valence-corrected chi connectivity index (χ1v) is 9.30. The molecule has 0 spiro atoms. The summed E-state index contributed by atoms with van der Waals surface area (Å²) in [5, 5.41) is 1.56. The molecule has 1 saturated heterocycles. The van der Waals surface area contributed by atoms with Crippen LogP contribution in [0.2, 0.25) is 5.02 Å². The number of carbonyl (C=O) groups excluding carboxylic acids is 2. The third-order valence-corrected chi connectivity index (χ3v) is 5.13. The Morgan fingerprint density at radius 1 is 1.11 bits per heavy atom. The Kier molecular flexibility index (Phi) is 4.85. The number of rotatable bonds is 4. The number of amides is 2. The first kappa shape index (κ1) is 17.6. The average Bonchev–Trinajstić information content (AvgIpc) is 3.35. The van der Waals surface area contributed by atoms with Gasteiger partial charge in [-0.15, -0.1) is 0 Å². The number of nitrogens with zero attached hydrogens (tertiary/aromatic N) is 3. The second kappa shape index (κ2) is 7.44. The van der Waals surface area contributed by atoms with Crippen molar-refractivity contribution in [2.45, 2.75) is 12.8 Å². The van der Waals surface area contributed by atoms with E-state index in [9.17, 15) is 9.59 Å². The monoisotopic (exact) mass is 385 g/mol. The van der Waals surface area contributed by atoms with E-state index >= 15 is 0 Å². The molecule has 1 aliphatic heterocycles. The summed E-state index contributed by atoms with van der Waals surface area (Å²) >= 11 is 6.01. The molecule has 7 nitrogen and oxygen atoms in total. The van der Waals surface area contributed by atoms with Gasteiger partial charge in [0, 0.05) is 60.4 Å². The lowest BCUT2D eigenvalue weighted by Crippen LogP contribution is -2.50. The normalized spacial score (nSPS) is 14.7. The number of fused-ring (bicyclic) bond motifs is 1. The van der Waals surface area contributed by atoms with Gasteiger partial charge in [-0.1, -0.05) is 11.6 Å². The molecule has 3 heterocycles. The van der Waals surface area contributed by atoms with E-state index in [4.69, 9.17) is 11.6 Å². The number of aromatic nitrogens is 3. The summed E-state index contributed by atoms with van der Waals surface area (Å²) in [7, 11) is 0. The second-order valence-electron chi connectivity index (χ2n) is 6.66. The Bertz CT molecular complexity index is 958. The molecule has 8 heteroatoms. The Morgan fingerprint density at radius 2 is 1.89 bits per heavy atom. The van der Waals surface area contributed by atoms with Crippen molar-refractivity contribution in [3.8, 4) is 0 Å². The molecule has 1 fully saturated rings. The molecule has 1 aromatic carbocycles. The van der Waals surface area contributed by atoms with Gasteiger partial charge < -0.3 is 19.8 Å². The van der Waals surface area contributed by atoms with E-state index in [1.807, 2.05) is 23.1 Å². The fourth-order valence-corrected chi connectivity index (χ4v) is 3.55. The van der Waals surface area contributed by atoms with Crippen LogP contribution < -0.4 is 0 Å². The summed E-state index contributed by atoms with van der Waals surface area (Å²) in [5.41, 5.74) is 2.39. The summed E-state index contributed by atoms with van der Waals surface area (Å²) in [6.07, 6.45) is 4.44. The maximum Gasteiger partial charge on any atom is 0.270 e. The van der Waals surface area contributed by atoms with Gasteiger partial charge in [-0.3, -0.25) is 9.59 Å². The summed E-state index contributed by atoms with van der Waals surface area (Å²) in [6, 6.07) is 7.32.